The summed E-state index contributed by atoms with van der Waals surface area (Å²) in [5.41, 5.74) is 3.24. The Labute approximate surface area is 178 Å². The van der Waals surface area contributed by atoms with Crippen molar-refractivity contribution in [3.05, 3.63) is 70.6 Å². The topological polar surface area (TPSA) is 58.6 Å². The summed E-state index contributed by atoms with van der Waals surface area (Å²) >= 11 is 6.72. The molecule has 0 bridgehead atoms. The molecule has 2 aliphatic heterocycles. The number of rotatable bonds is 3. The summed E-state index contributed by atoms with van der Waals surface area (Å²) in [6.07, 6.45) is 3.73. The zero-order chi connectivity index (χ0) is 20.5. The van der Waals surface area contributed by atoms with Crippen LogP contribution in [-0.4, -0.2) is 22.2 Å². The number of amides is 2. The Balaban J connectivity index is 1.60. The monoisotopic (exact) mass is 422 g/mol. The van der Waals surface area contributed by atoms with Crippen LogP contribution in [0.3, 0.4) is 0 Å². The Bertz CT molecular complexity index is 1070. The number of thiocarbonyl (C=S) groups is 1. The molecule has 1 N–H and O–H groups in total. The second-order valence-corrected chi connectivity index (χ2v) is 8.36. The number of ether oxygens (including phenoxy) is 1. The highest BCUT2D eigenvalue weighted by Crippen LogP contribution is 2.38. The van der Waals surface area contributed by atoms with Gasteiger partial charge in [0.15, 0.2) is 4.32 Å². The van der Waals surface area contributed by atoms with Gasteiger partial charge < -0.3 is 10.1 Å². The number of hydrogen-bond acceptors (Lipinski definition) is 5. The van der Waals surface area contributed by atoms with Crippen LogP contribution in [0.4, 0.5) is 11.4 Å². The molecule has 2 aromatic rings. The first-order chi connectivity index (χ1) is 13.9. The van der Waals surface area contributed by atoms with Crippen molar-refractivity contribution in [3.8, 4) is 5.75 Å². The number of para-hydroxylation sites is 1. The minimum atomic E-state index is -0.167. The van der Waals surface area contributed by atoms with Gasteiger partial charge in [0, 0.05) is 18.2 Å². The molecule has 4 rings (SSSR count). The summed E-state index contributed by atoms with van der Waals surface area (Å²) in [6, 6.07) is 14.8. The first kappa shape index (κ1) is 19.4. The van der Waals surface area contributed by atoms with Crippen LogP contribution in [0.15, 0.2) is 65.1 Å². The Morgan fingerprint density at radius 2 is 1.93 bits per heavy atom. The van der Waals surface area contributed by atoms with E-state index in [1.165, 1.54) is 23.6 Å². The molecular formula is C22H18N2O3S2. The number of hydrogen-bond donors (Lipinski definition) is 1. The lowest BCUT2D eigenvalue weighted by atomic mass is 10.0. The SMILES string of the molecule is CC(=O)Nc1ccc(N2C(=O)/C(=C\C3=Cc4ccccc4OC3C)SC2=S)cc1. The van der Waals surface area contributed by atoms with Crippen LogP contribution in [0.2, 0.25) is 0 Å². The molecule has 2 amide bonds. The van der Waals surface area contributed by atoms with Gasteiger partial charge in [-0.25, -0.2) is 0 Å². The van der Waals surface area contributed by atoms with Gasteiger partial charge in [0.2, 0.25) is 5.91 Å². The van der Waals surface area contributed by atoms with Crippen LogP contribution >= 0.6 is 24.0 Å². The van der Waals surface area contributed by atoms with Crippen LogP contribution in [0.1, 0.15) is 19.4 Å². The van der Waals surface area contributed by atoms with Gasteiger partial charge in [0.05, 0.1) is 10.6 Å². The average Bonchev–Trinajstić information content (AvgIpc) is 2.96. The highest BCUT2D eigenvalue weighted by atomic mass is 32.2. The minimum Gasteiger partial charge on any atom is -0.485 e. The van der Waals surface area contributed by atoms with E-state index >= 15 is 0 Å². The minimum absolute atomic E-state index is 0.148. The van der Waals surface area contributed by atoms with Crippen LogP contribution in [0.25, 0.3) is 6.08 Å². The van der Waals surface area contributed by atoms with E-state index in [0.29, 0.717) is 20.6 Å². The fourth-order valence-corrected chi connectivity index (χ4v) is 4.46. The van der Waals surface area contributed by atoms with Crippen LogP contribution in [0, 0.1) is 0 Å². The van der Waals surface area contributed by atoms with Gasteiger partial charge in [-0.1, -0.05) is 42.2 Å². The Morgan fingerprint density at radius 1 is 1.21 bits per heavy atom. The van der Waals surface area contributed by atoms with E-state index in [0.717, 1.165) is 16.9 Å². The third kappa shape index (κ3) is 3.97. The first-order valence-electron chi connectivity index (χ1n) is 9.05. The number of thioether (sulfide) groups is 1. The summed E-state index contributed by atoms with van der Waals surface area (Å²) in [6.45, 7) is 3.41. The average molecular weight is 423 g/mol. The lowest BCUT2D eigenvalue weighted by Gasteiger charge is -2.23. The smallest absolute Gasteiger partial charge is 0.270 e. The molecule has 0 spiro atoms. The highest BCUT2D eigenvalue weighted by Gasteiger charge is 2.34. The molecule has 0 aliphatic carbocycles. The summed E-state index contributed by atoms with van der Waals surface area (Å²) in [5.74, 6) is 0.521. The standard InChI is InChI=1S/C22H18N2O3S2/c1-13-16(11-15-5-3-4-6-19(15)27-13)12-20-21(26)24(22(28)29-20)18-9-7-17(8-10-18)23-14(2)25/h3-13H,1-2H3,(H,23,25)/b20-12+. The predicted molar refractivity (Wildman–Crippen MR) is 121 cm³/mol. The lowest BCUT2D eigenvalue weighted by molar-refractivity contribution is -0.114. The second kappa shape index (κ2) is 7.85. The van der Waals surface area contributed by atoms with E-state index < -0.39 is 0 Å². The molecule has 29 heavy (non-hydrogen) atoms. The number of nitrogens with one attached hydrogen (secondary N) is 1. The molecule has 0 saturated carbocycles. The molecular weight excluding hydrogens is 404 g/mol. The Kier molecular flexibility index (Phi) is 5.25. The van der Waals surface area contributed by atoms with Gasteiger partial charge in [0.25, 0.3) is 5.91 Å². The van der Waals surface area contributed by atoms with E-state index in [4.69, 9.17) is 17.0 Å². The maximum absolute atomic E-state index is 13.0. The number of anilines is 2. The van der Waals surface area contributed by atoms with Gasteiger partial charge in [-0.15, -0.1) is 0 Å². The Hall–Kier alpha value is -2.90. The molecule has 0 aromatic heterocycles. The van der Waals surface area contributed by atoms with Crippen molar-refractivity contribution >= 4 is 57.6 Å². The van der Waals surface area contributed by atoms with Gasteiger partial charge in [-0.05, 0) is 55.0 Å². The quantitative estimate of drug-likeness (QED) is 0.571. The van der Waals surface area contributed by atoms with Crippen molar-refractivity contribution in [2.45, 2.75) is 20.0 Å². The predicted octanol–water partition coefficient (Wildman–Crippen LogP) is 4.76. The molecule has 1 unspecified atom stereocenters. The molecule has 2 aromatic carbocycles. The van der Waals surface area contributed by atoms with Crippen molar-refractivity contribution in [1.82, 2.24) is 0 Å². The van der Waals surface area contributed by atoms with Crippen LogP contribution in [0.5, 0.6) is 5.75 Å². The van der Waals surface area contributed by atoms with Gasteiger partial charge in [0.1, 0.15) is 11.9 Å². The second-order valence-electron chi connectivity index (χ2n) is 6.69. The fraction of sp³-hybridized carbons (Fsp3) is 0.136. The lowest BCUT2D eigenvalue weighted by Crippen LogP contribution is -2.27. The third-order valence-electron chi connectivity index (χ3n) is 4.55. The largest absolute Gasteiger partial charge is 0.485 e. The molecule has 7 heteroatoms. The number of carbonyl (C=O) groups excluding carboxylic acids is 2. The third-order valence-corrected chi connectivity index (χ3v) is 5.85. The van der Waals surface area contributed by atoms with E-state index in [2.05, 4.69) is 5.32 Å². The van der Waals surface area contributed by atoms with Crippen molar-refractivity contribution in [2.75, 3.05) is 10.2 Å². The van der Waals surface area contributed by atoms with Crippen molar-refractivity contribution in [2.24, 2.45) is 0 Å². The van der Waals surface area contributed by atoms with E-state index in [1.54, 1.807) is 24.3 Å². The molecule has 0 radical (unpaired) electrons. The van der Waals surface area contributed by atoms with E-state index in [1.807, 2.05) is 43.3 Å². The number of benzene rings is 2. The zero-order valence-corrected chi connectivity index (χ0v) is 17.5. The molecule has 1 fully saturated rings. The number of nitrogens with zero attached hydrogens (tertiary/aromatic N) is 1. The van der Waals surface area contributed by atoms with Gasteiger partial charge >= 0.3 is 0 Å². The summed E-state index contributed by atoms with van der Waals surface area (Å²) in [7, 11) is 0. The molecule has 2 aliphatic rings. The molecule has 1 saturated heterocycles. The summed E-state index contributed by atoms with van der Waals surface area (Å²) in [4.78, 5) is 26.3. The van der Waals surface area contributed by atoms with Crippen molar-refractivity contribution in [3.63, 3.8) is 0 Å². The number of carbonyl (C=O) groups is 2. The van der Waals surface area contributed by atoms with Crippen LogP contribution < -0.4 is 15.0 Å². The summed E-state index contributed by atoms with van der Waals surface area (Å²) in [5, 5.41) is 2.71. The molecule has 1 atom stereocenters. The Morgan fingerprint density at radius 3 is 2.66 bits per heavy atom. The maximum atomic E-state index is 13.0. The zero-order valence-electron chi connectivity index (χ0n) is 15.8. The van der Waals surface area contributed by atoms with Gasteiger partial charge in [-0.2, -0.15) is 0 Å². The van der Waals surface area contributed by atoms with Gasteiger partial charge in [-0.3, -0.25) is 14.5 Å². The normalized spacial score (nSPS) is 19.7. The van der Waals surface area contributed by atoms with Crippen molar-refractivity contribution in [1.29, 1.82) is 0 Å². The van der Waals surface area contributed by atoms with E-state index in [9.17, 15) is 9.59 Å². The molecule has 2 heterocycles. The maximum Gasteiger partial charge on any atom is 0.270 e. The summed E-state index contributed by atoms with van der Waals surface area (Å²) < 4.78 is 6.43. The fourth-order valence-electron chi connectivity index (χ4n) is 3.16. The van der Waals surface area contributed by atoms with Crippen molar-refractivity contribution < 1.29 is 14.3 Å². The van der Waals surface area contributed by atoms with Crippen LogP contribution in [-0.2, 0) is 9.59 Å². The highest BCUT2D eigenvalue weighted by molar-refractivity contribution is 8.27. The number of fused-ring (bicyclic) bond motifs is 1. The molecule has 5 nitrogen and oxygen atoms in total. The first-order valence-corrected chi connectivity index (χ1v) is 10.3. The van der Waals surface area contributed by atoms with E-state index in [-0.39, 0.29) is 17.9 Å². The molecule has 146 valence electrons.